The summed E-state index contributed by atoms with van der Waals surface area (Å²) >= 11 is 0. The lowest BCUT2D eigenvalue weighted by Crippen LogP contribution is -2.22. The number of hydrogen-bond donors (Lipinski definition) is 2. The van der Waals surface area contributed by atoms with Crippen LogP contribution in [0.25, 0.3) is 0 Å². The maximum absolute atomic E-state index is 11.3. The number of carboxylic acids is 2. The monoisotopic (exact) mass is 278 g/mol. The van der Waals surface area contributed by atoms with Crippen LogP contribution in [0.4, 0.5) is 0 Å². The molecule has 0 aromatic heterocycles. The van der Waals surface area contributed by atoms with Crippen molar-refractivity contribution in [2.24, 2.45) is 0 Å². The number of benzene rings is 1. The van der Waals surface area contributed by atoms with Gasteiger partial charge in [0.15, 0.2) is 0 Å². The minimum Gasteiger partial charge on any atom is -0.478 e. The highest BCUT2D eigenvalue weighted by Gasteiger charge is 2.26. The highest BCUT2D eigenvalue weighted by molar-refractivity contribution is 5.93. The molecule has 0 saturated heterocycles. The number of rotatable bonds is 7. The molecule has 0 radical (unpaired) electrons. The Morgan fingerprint density at radius 1 is 1.10 bits per heavy atom. The van der Waals surface area contributed by atoms with Crippen molar-refractivity contribution in [3.63, 3.8) is 0 Å². The second-order valence-corrected chi connectivity index (χ2v) is 5.71. The molecule has 0 heterocycles. The van der Waals surface area contributed by atoms with E-state index in [-0.39, 0.29) is 16.5 Å². The molecule has 4 nitrogen and oxygen atoms in total. The van der Waals surface area contributed by atoms with Crippen molar-refractivity contribution in [2.75, 3.05) is 0 Å². The average Bonchev–Trinajstić information content (AvgIpc) is 2.38. The number of carbonyl (C=O) groups is 2. The average molecular weight is 278 g/mol. The molecule has 1 aromatic carbocycles. The van der Waals surface area contributed by atoms with E-state index in [1.54, 1.807) is 0 Å². The van der Waals surface area contributed by atoms with Gasteiger partial charge in [-0.2, -0.15) is 0 Å². The van der Waals surface area contributed by atoms with Gasteiger partial charge in [-0.1, -0.05) is 40.0 Å². The van der Waals surface area contributed by atoms with Gasteiger partial charge in [0, 0.05) is 0 Å². The van der Waals surface area contributed by atoms with Crippen LogP contribution in [-0.2, 0) is 5.41 Å². The zero-order valence-corrected chi connectivity index (χ0v) is 12.3. The topological polar surface area (TPSA) is 74.6 Å². The lowest BCUT2D eigenvalue weighted by molar-refractivity contribution is 0.0678. The quantitative estimate of drug-likeness (QED) is 0.741. The summed E-state index contributed by atoms with van der Waals surface area (Å²) in [5.41, 5.74) is 0.569. The minimum atomic E-state index is -1.03. The van der Waals surface area contributed by atoms with Crippen LogP contribution in [0, 0.1) is 0 Å². The Labute approximate surface area is 119 Å². The van der Waals surface area contributed by atoms with Gasteiger partial charge in [-0.15, -0.1) is 0 Å². The fourth-order valence-electron chi connectivity index (χ4n) is 2.38. The van der Waals surface area contributed by atoms with Crippen LogP contribution in [0.5, 0.6) is 0 Å². The SMILES string of the molecule is CCCCCC(C)(C)c1cc(C(=O)O)ccc1C(=O)O. The van der Waals surface area contributed by atoms with E-state index in [0.29, 0.717) is 5.56 Å². The first-order valence-electron chi connectivity index (χ1n) is 6.90. The van der Waals surface area contributed by atoms with Crippen LogP contribution < -0.4 is 0 Å². The van der Waals surface area contributed by atoms with Gasteiger partial charge in [0.25, 0.3) is 0 Å². The van der Waals surface area contributed by atoms with Crippen LogP contribution in [0.2, 0.25) is 0 Å². The molecule has 20 heavy (non-hydrogen) atoms. The Kier molecular flexibility index (Phi) is 5.31. The molecular weight excluding hydrogens is 256 g/mol. The maximum atomic E-state index is 11.3. The van der Waals surface area contributed by atoms with Crippen molar-refractivity contribution in [2.45, 2.75) is 51.9 Å². The van der Waals surface area contributed by atoms with E-state index < -0.39 is 11.9 Å². The van der Waals surface area contributed by atoms with Gasteiger partial charge in [0.05, 0.1) is 11.1 Å². The van der Waals surface area contributed by atoms with Crippen LogP contribution in [0.15, 0.2) is 18.2 Å². The molecule has 4 heteroatoms. The summed E-state index contributed by atoms with van der Waals surface area (Å²) in [5.74, 6) is -2.05. The first-order valence-corrected chi connectivity index (χ1v) is 6.90. The van der Waals surface area contributed by atoms with Crippen molar-refractivity contribution >= 4 is 11.9 Å². The lowest BCUT2D eigenvalue weighted by Gasteiger charge is -2.27. The summed E-state index contributed by atoms with van der Waals surface area (Å²) < 4.78 is 0. The molecule has 1 rings (SSSR count). The summed E-state index contributed by atoms with van der Waals surface area (Å²) in [6, 6.07) is 4.23. The molecule has 0 fully saturated rings. The highest BCUT2D eigenvalue weighted by Crippen LogP contribution is 2.32. The fourth-order valence-corrected chi connectivity index (χ4v) is 2.38. The Hall–Kier alpha value is -1.84. The Morgan fingerprint density at radius 2 is 1.75 bits per heavy atom. The molecule has 1 aromatic rings. The Morgan fingerprint density at radius 3 is 2.25 bits per heavy atom. The molecular formula is C16H22O4. The standard InChI is InChI=1S/C16H22O4/c1-4-5-6-9-16(2,3)13-10-11(14(17)18)7-8-12(13)15(19)20/h7-8,10H,4-6,9H2,1-3H3,(H,17,18)(H,19,20). The summed E-state index contributed by atoms with van der Waals surface area (Å²) in [6.07, 6.45) is 4.02. The number of hydrogen-bond acceptors (Lipinski definition) is 2. The minimum absolute atomic E-state index is 0.133. The molecule has 110 valence electrons. The van der Waals surface area contributed by atoms with Crippen LogP contribution in [0.1, 0.15) is 72.7 Å². The van der Waals surface area contributed by atoms with Crippen LogP contribution >= 0.6 is 0 Å². The zero-order valence-electron chi connectivity index (χ0n) is 12.3. The van der Waals surface area contributed by atoms with E-state index in [9.17, 15) is 14.7 Å². The zero-order chi connectivity index (χ0) is 15.3. The van der Waals surface area contributed by atoms with Gasteiger partial charge in [-0.05, 0) is 35.6 Å². The molecule has 0 bridgehead atoms. The van der Waals surface area contributed by atoms with Crippen molar-refractivity contribution < 1.29 is 19.8 Å². The summed E-state index contributed by atoms with van der Waals surface area (Å²) in [5, 5.41) is 18.4. The van der Waals surface area contributed by atoms with E-state index >= 15 is 0 Å². The maximum Gasteiger partial charge on any atom is 0.335 e. The fraction of sp³-hybridized carbons (Fsp3) is 0.500. The molecule has 2 N–H and O–H groups in total. The first-order chi connectivity index (χ1) is 9.29. The summed E-state index contributed by atoms with van der Waals surface area (Å²) in [7, 11) is 0. The third-order valence-electron chi connectivity index (χ3n) is 3.63. The summed E-state index contributed by atoms with van der Waals surface area (Å²) in [6.45, 7) is 6.05. The van der Waals surface area contributed by atoms with E-state index in [2.05, 4.69) is 6.92 Å². The van der Waals surface area contributed by atoms with Gasteiger partial charge in [0.1, 0.15) is 0 Å². The van der Waals surface area contributed by atoms with E-state index in [1.165, 1.54) is 18.2 Å². The lowest BCUT2D eigenvalue weighted by atomic mass is 9.77. The predicted octanol–water partition coefficient (Wildman–Crippen LogP) is 3.94. The molecule has 0 amide bonds. The molecule has 0 saturated carbocycles. The molecule has 0 atom stereocenters. The van der Waals surface area contributed by atoms with E-state index in [1.807, 2.05) is 13.8 Å². The van der Waals surface area contributed by atoms with Crippen LogP contribution in [0.3, 0.4) is 0 Å². The first kappa shape index (κ1) is 16.2. The second-order valence-electron chi connectivity index (χ2n) is 5.71. The normalized spacial score (nSPS) is 11.3. The number of aromatic carboxylic acids is 2. The molecule has 0 spiro atoms. The number of carboxylic acid groups (broad SMARTS) is 2. The third kappa shape index (κ3) is 3.83. The Balaban J connectivity index is 3.20. The predicted molar refractivity (Wildman–Crippen MR) is 77.5 cm³/mol. The van der Waals surface area contributed by atoms with Gasteiger partial charge >= 0.3 is 11.9 Å². The summed E-state index contributed by atoms with van der Waals surface area (Å²) in [4.78, 5) is 22.4. The third-order valence-corrected chi connectivity index (χ3v) is 3.63. The van der Waals surface area contributed by atoms with Gasteiger partial charge in [-0.25, -0.2) is 9.59 Å². The highest BCUT2D eigenvalue weighted by atomic mass is 16.4. The second kappa shape index (κ2) is 6.55. The van der Waals surface area contributed by atoms with E-state index in [0.717, 1.165) is 25.7 Å². The Bertz CT molecular complexity index is 503. The van der Waals surface area contributed by atoms with Crippen molar-refractivity contribution in [3.8, 4) is 0 Å². The molecule has 0 aliphatic heterocycles. The number of unbranched alkanes of at least 4 members (excludes halogenated alkanes) is 2. The van der Waals surface area contributed by atoms with Gasteiger partial charge in [-0.3, -0.25) is 0 Å². The van der Waals surface area contributed by atoms with Crippen molar-refractivity contribution in [1.29, 1.82) is 0 Å². The van der Waals surface area contributed by atoms with Gasteiger partial charge in [0.2, 0.25) is 0 Å². The largest absolute Gasteiger partial charge is 0.478 e. The van der Waals surface area contributed by atoms with Gasteiger partial charge < -0.3 is 10.2 Å². The smallest absolute Gasteiger partial charge is 0.335 e. The molecule has 0 aliphatic rings. The van der Waals surface area contributed by atoms with Crippen molar-refractivity contribution in [3.05, 3.63) is 34.9 Å². The van der Waals surface area contributed by atoms with E-state index in [4.69, 9.17) is 5.11 Å². The molecule has 0 aliphatic carbocycles. The molecule has 0 unspecified atom stereocenters. The van der Waals surface area contributed by atoms with Crippen molar-refractivity contribution in [1.82, 2.24) is 0 Å². The van der Waals surface area contributed by atoms with Crippen LogP contribution in [-0.4, -0.2) is 22.2 Å².